The third kappa shape index (κ3) is 2.20. The quantitative estimate of drug-likeness (QED) is 0.777. The molecule has 2 saturated carbocycles. The predicted octanol–water partition coefficient (Wildman–Crippen LogP) is 2.04. The maximum Gasteiger partial charge on any atom is 0.312 e. The fourth-order valence-corrected chi connectivity index (χ4v) is 6.25. The first-order valence-corrected chi connectivity index (χ1v) is 9.54. The molecule has 2 bridgehead atoms. The smallest absolute Gasteiger partial charge is 0.312 e. The topological polar surface area (TPSA) is 64.8 Å². The first-order valence-electron chi connectivity index (χ1n) is 9.54. The van der Waals surface area contributed by atoms with Gasteiger partial charge in [-0.3, -0.25) is 9.69 Å². The second-order valence-electron chi connectivity index (χ2n) is 8.56. The second kappa shape index (κ2) is 6.26. The Labute approximate surface area is 146 Å². The van der Waals surface area contributed by atoms with Gasteiger partial charge >= 0.3 is 5.97 Å². The molecule has 0 radical (unpaired) electrons. The van der Waals surface area contributed by atoms with Crippen LogP contribution in [0.3, 0.4) is 0 Å². The SMILES string of the molecule is CCOC(=O)[C@H](CN)[C@]1(N2CCOCC2)C[C@H]2CC[C@@]1(C)C2(C)C. The van der Waals surface area contributed by atoms with E-state index in [2.05, 4.69) is 25.7 Å². The van der Waals surface area contributed by atoms with Gasteiger partial charge in [0.05, 0.1) is 25.7 Å². The van der Waals surface area contributed by atoms with Crippen molar-refractivity contribution < 1.29 is 14.3 Å². The molecule has 0 spiro atoms. The predicted molar refractivity (Wildman–Crippen MR) is 93.5 cm³/mol. The zero-order valence-electron chi connectivity index (χ0n) is 15.8. The van der Waals surface area contributed by atoms with Crippen LogP contribution in [0.25, 0.3) is 0 Å². The molecule has 0 aromatic carbocycles. The molecule has 0 unspecified atom stereocenters. The lowest BCUT2D eigenvalue weighted by molar-refractivity contribution is -0.168. The van der Waals surface area contributed by atoms with Gasteiger partial charge in [-0.25, -0.2) is 0 Å². The Morgan fingerprint density at radius 2 is 2.00 bits per heavy atom. The number of hydrogen-bond donors (Lipinski definition) is 1. The van der Waals surface area contributed by atoms with E-state index in [1.165, 1.54) is 6.42 Å². The van der Waals surface area contributed by atoms with Gasteiger partial charge in [-0.1, -0.05) is 20.8 Å². The summed E-state index contributed by atoms with van der Waals surface area (Å²) in [6.07, 6.45) is 3.48. The third-order valence-corrected chi connectivity index (χ3v) is 7.91. The molecular formula is C19H34N2O3. The van der Waals surface area contributed by atoms with Gasteiger partial charge in [0.1, 0.15) is 0 Å². The number of carbonyl (C=O) groups excluding carboxylic acids is 1. The minimum Gasteiger partial charge on any atom is -0.466 e. The van der Waals surface area contributed by atoms with Crippen molar-refractivity contribution in [2.45, 2.75) is 52.5 Å². The van der Waals surface area contributed by atoms with Crippen LogP contribution < -0.4 is 5.73 Å². The molecule has 3 rings (SSSR count). The van der Waals surface area contributed by atoms with Crippen molar-refractivity contribution in [3.63, 3.8) is 0 Å². The summed E-state index contributed by atoms with van der Waals surface area (Å²) in [6, 6.07) is 0. The number of morpholine rings is 1. The van der Waals surface area contributed by atoms with E-state index in [0.717, 1.165) is 39.1 Å². The lowest BCUT2D eigenvalue weighted by atomic mass is 9.57. The van der Waals surface area contributed by atoms with Crippen LogP contribution in [-0.2, 0) is 14.3 Å². The molecule has 138 valence electrons. The molecular weight excluding hydrogens is 304 g/mol. The Bertz CT molecular complexity index is 489. The van der Waals surface area contributed by atoms with Crippen molar-refractivity contribution >= 4 is 5.97 Å². The molecule has 5 nitrogen and oxygen atoms in total. The molecule has 0 aromatic rings. The molecule has 24 heavy (non-hydrogen) atoms. The molecule has 1 heterocycles. The van der Waals surface area contributed by atoms with E-state index < -0.39 is 0 Å². The number of nitrogens with two attached hydrogens (primary N) is 1. The van der Waals surface area contributed by atoms with Crippen molar-refractivity contribution in [1.82, 2.24) is 4.90 Å². The molecule has 4 atom stereocenters. The standard InChI is InChI=1S/C19H34N2O3/c1-5-24-16(22)15(13-20)19(21-8-10-23-11-9-21)12-14-6-7-18(19,4)17(14,2)3/h14-15H,5-13,20H2,1-4H3/t14-,15+,18+,19-/m1/s1. The van der Waals surface area contributed by atoms with Crippen molar-refractivity contribution in [3.05, 3.63) is 0 Å². The number of ether oxygens (including phenoxy) is 2. The molecule has 2 aliphatic carbocycles. The zero-order valence-corrected chi connectivity index (χ0v) is 15.8. The third-order valence-electron chi connectivity index (χ3n) is 7.91. The van der Waals surface area contributed by atoms with E-state index >= 15 is 0 Å². The summed E-state index contributed by atoms with van der Waals surface area (Å²) in [5.41, 5.74) is 6.27. The summed E-state index contributed by atoms with van der Waals surface area (Å²) in [7, 11) is 0. The van der Waals surface area contributed by atoms with E-state index in [-0.39, 0.29) is 28.3 Å². The molecule has 3 fully saturated rings. The van der Waals surface area contributed by atoms with Crippen LogP contribution in [0.5, 0.6) is 0 Å². The normalized spacial score (nSPS) is 39.8. The maximum absolute atomic E-state index is 12.9. The van der Waals surface area contributed by atoms with Crippen molar-refractivity contribution in [2.24, 2.45) is 28.4 Å². The average molecular weight is 338 g/mol. The first-order chi connectivity index (χ1) is 11.3. The van der Waals surface area contributed by atoms with Crippen LogP contribution in [0, 0.1) is 22.7 Å². The van der Waals surface area contributed by atoms with Crippen molar-refractivity contribution in [3.8, 4) is 0 Å². The molecule has 1 saturated heterocycles. The monoisotopic (exact) mass is 338 g/mol. The molecule has 0 aromatic heterocycles. The van der Waals surface area contributed by atoms with Gasteiger partial charge in [-0.05, 0) is 42.9 Å². The highest BCUT2D eigenvalue weighted by atomic mass is 16.5. The van der Waals surface area contributed by atoms with Crippen LogP contribution in [0.1, 0.15) is 47.0 Å². The largest absolute Gasteiger partial charge is 0.466 e. The van der Waals surface area contributed by atoms with Gasteiger partial charge in [-0.2, -0.15) is 0 Å². The zero-order chi connectivity index (χ0) is 17.6. The Morgan fingerprint density at radius 1 is 1.33 bits per heavy atom. The Morgan fingerprint density at radius 3 is 2.46 bits per heavy atom. The summed E-state index contributed by atoms with van der Waals surface area (Å²) in [6.45, 7) is 13.1. The van der Waals surface area contributed by atoms with Crippen molar-refractivity contribution in [1.29, 1.82) is 0 Å². The van der Waals surface area contributed by atoms with Crippen LogP contribution in [0.15, 0.2) is 0 Å². The van der Waals surface area contributed by atoms with Gasteiger partial charge < -0.3 is 15.2 Å². The van der Waals surface area contributed by atoms with E-state index in [1.807, 2.05) is 6.92 Å². The fourth-order valence-electron chi connectivity index (χ4n) is 6.25. The van der Waals surface area contributed by atoms with Gasteiger partial charge in [0, 0.05) is 25.2 Å². The molecule has 2 N–H and O–H groups in total. The molecule has 1 aliphatic heterocycles. The van der Waals surface area contributed by atoms with Crippen molar-refractivity contribution in [2.75, 3.05) is 39.5 Å². The highest BCUT2D eigenvalue weighted by molar-refractivity contribution is 5.75. The maximum atomic E-state index is 12.9. The number of fused-ring (bicyclic) bond motifs is 2. The van der Waals surface area contributed by atoms with Gasteiger partial charge in [-0.15, -0.1) is 0 Å². The number of rotatable bonds is 5. The first kappa shape index (κ1) is 18.2. The van der Waals surface area contributed by atoms with E-state index in [4.69, 9.17) is 15.2 Å². The number of hydrogen-bond acceptors (Lipinski definition) is 5. The highest BCUT2D eigenvalue weighted by Crippen LogP contribution is 2.72. The summed E-state index contributed by atoms with van der Waals surface area (Å²) >= 11 is 0. The minimum absolute atomic E-state index is 0.0683. The number of nitrogens with zero attached hydrogens (tertiary/aromatic N) is 1. The lowest BCUT2D eigenvalue weighted by Crippen LogP contribution is -2.68. The van der Waals surface area contributed by atoms with Crippen LogP contribution in [-0.4, -0.2) is 55.9 Å². The number of esters is 1. The second-order valence-corrected chi connectivity index (χ2v) is 8.56. The van der Waals surface area contributed by atoms with Gasteiger partial charge in [0.2, 0.25) is 0 Å². The molecule has 5 heteroatoms. The van der Waals surface area contributed by atoms with E-state index in [0.29, 0.717) is 19.1 Å². The van der Waals surface area contributed by atoms with Gasteiger partial charge in [0.25, 0.3) is 0 Å². The van der Waals surface area contributed by atoms with Crippen LogP contribution in [0.2, 0.25) is 0 Å². The summed E-state index contributed by atoms with van der Waals surface area (Å²) in [4.78, 5) is 15.4. The van der Waals surface area contributed by atoms with Crippen LogP contribution >= 0.6 is 0 Å². The van der Waals surface area contributed by atoms with E-state index in [1.54, 1.807) is 0 Å². The lowest BCUT2D eigenvalue weighted by Gasteiger charge is -2.58. The summed E-state index contributed by atoms with van der Waals surface area (Å²) < 4.78 is 11.1. The average Bonchev–Trinajstić information content (AvgIpc) is 2.89. The molecule has 0 amide bonds. The summed E-state index contributed by atoms with van der Waals surface area (Å²) in [5.74, 6) is 0.273. The van der Waals surface area contributed by atoms with Gasteiger partial charge in [0.15, 0.2) is 0 Å². The Hall–Kier alpha value is -0.650. The van der Waals surface area contributed by atoms with Crippen LogP contribution in [0.4, 0.5) is 0 Å². The number of carbonyl (C=O) groups is 1. The summed E-state index contributed by atoms with van der Waals surface area (Å²) in [5, 5.41) is 0. The van der Waals surface area contributed by atoms with E-state index in [9.17, 15) is 4.79 Å². The molecule has 3 aliphatic rings. The minimum atomic E-state index is -0.259. The Balaban J connectivity index is 2.07. The Kier molecular flexibility index (Phi) is 4.73. The highest BCUT2D eigenvalue weighted by Gasteiger charge is 2.73. The fraction of sp³-hybridized carbons (Fsp3) is 0.947.